The third-order valence-electron chi connectivity index (χ3n) is 2.73. The van der Waals surface area contributed by atoms with Gasteiger partial charge in [0.2, 0.25) is 5.91 Å². The number of nitro groups is 1. The third-order valence-corrected chi connectivity index (χ3v) is 2.73. The Morgan fingerprint density at radius 2 is 1.90 bits per heavy atom. The molecule has 0 fully saturated rings. The lowest BCUT2D eigenvalue weighted by molar-refractivity contribution is -0.384. The molecular weight excluding hydrogens is 274 g/mol. The van der Waals surface area contributed by atoms with Crippen LogP contribution in [0.4, 0.5) is 17.3 Å². The topological polar surface area (TPSA) is 123 Å². The molecule has 4 N–H and O–H groups in total. The number of aromatic nitrogens is 1. The molecule has 1 heterocycles. The molecule has 8 heteroatoms. The predicted molar refractivity (Wildman–Crippen MR) is 81.2 cm³/mol. The van der Waals surface area contributed by atoms with E-state index in [2.05, 4.69) is 15.6 Å². The van der Waals surface area contributed by atoms with Crippen molar-refractivity contribution in [3.05, 3.63) is 22.2 Å². The number of hydrogen-bond acceptors (Lipinski definition) is 6. The van der Waals surface area contributed by atoms with E-state index in [-0.39, 0.29) is 11.6 Å². The summed E-state index contributed by atoms with van der Waals surface area (Å²) in [6.07, 6.45) is 2.66. The van der Waals surface area contributed by atoms with Crippen LogP contribution in [0.5, 0.6) is 0 Å². The molecule has 0 aliphatic carbocycles. The van der Waals surface area contributed by atoms with Crippen LogP contribution in [0.25, 0.3) is 0 Å². The van der Waals surface area contributed by atoms with Crippen LogP contribution in [0.1, 0.15) is 32.6 Å². The minimum atomic E-state index is -0.447. The van der Waals surface area contributed by atoms with Gasteiger partial charge in [0.25, 0.3) is 5.69 Å². The van der Waals surface area contributed by atoms with Crippen LogP contribution in [-0.4, -0.2) is 28.9 Å². The molecule has 8 nitrogen and oxygen atoms in total. The molecule has 1 rings (SSSR count). The van der Waals surface area contributed by atoms with E-state index in [1.165, 1.54) is 12.1 Å². The molecule has 0 atom stereocenters. The Morgan fingerprint density at radius 1 is 1.29 bits per heavy atom. The van der Waals surface area contributed by atoms with E-state index in [0.717, 1.165) is 12.8 Å². The van der Waals surface area contributed by atoms with Crippen molar-refractivity contribution in [1.29, 1.82) is 0 Å². The molecule has 1 aromatic rings. The average molecular weight is 295 g/mol. The Bertz CT molecular complexity index is 493. The van der Waals surface area contributed by atoms with E-state index in [1.54, 1.807) is 0 Å². The van der Waals surface area contributed by atoms with Crippen molar-refractivity contribution in [3.8, 4) is 0 Å². The number of amides is 1. The van der Waals surface area contributed by atoms with Crippen molar-refractivity contribution in [3.63, 3.8) is 0 Å². The van der Waals surface area contributed by atoms with Gasteiger partial charge in [0, 0.05) is 19.5 Å². The molecule has 116 valence electrons. The summed E-state index contributed by atoms with van der Waals surface area (Å²) in [4.78, 5) is 25.3. The van der Waals surface area contributed by atoms with Gasteiger partial charge >= 0.3 is 0 Å². The number of carbonyl (C=O) groups excluding carboxylic acids is 1. The minimum absolute atomic E-state index is 0.0109. The van der Waals surface area contributed by atoms with E-state index in [9.17, 15) is 14.9 Å². The lowest BCUT2D eigenvalue weighted by atomic mass is 10.2. The van der Waals surface area contributed by atoms with Gasteiger partial charge in [-0.25, -0.2) is 4.98 Å². The molecule has 0 saturated carbocycles. The van der Waals surface area contributed by atoms with Crippen LogP contribution in [0, 0.1) is 10.1 Å². The highest BCUT2D eigenvalue weighted by Crippen LogP contribution is 2.20. The summed E-state index contributed by atoms with van der Waals surface area (Å²) in [7, 11) is 0. The van der Waals surface area contributed by atoms with Gasteiger partial charge in [-0.1, -0.05) is 6.92 Å². The van der Waals surface area contributed by atoms with Crippen LogP contribution in [0.3, 0.4) is 0 Å². The van der Waals surface area contributed by atoms with Crippen molar-refractivity contribution in [1.82, 2.24) is 4.98 Å². The molecule has 21 heavy (non-hydrogen) atoms. The number of unbranched alkanes of at least 4 members (excludes halogenated alkanes) is 1. The fraction of sp³-hybridized carbons (Fsp3) is 0.538. The van der Waals surface area contributed by atoms with Gasteiger partial charge in [-0.05, 0) is 19.3 Å². The molecule has 0 aromatic carbocycles. The van der Waals surface area contributed by atoms with Crippen LogP contribution in [-0.2, 0) is 4.79 Å². The number of nitrogens with one attached hydrogen (secondary N) is 2. The van der Waals surface area contributed by atoms with Gasteiger partial charge in [0.05, 0.1) is 17.1 Å². The first-order valence-electron chi connectivity index (χ1n) is 6.95. The van der Waals surface area contributed by atoms with Crippen LogP contribution in [0.15, 0.2) is 12.1 Å². The van der Waals surface area contributed by atoms with Crippen LogP contribution >= 0.6 is 0 Å². The van der Waals surface area contributed by atoms with Gasteiger partial charge in [0.1, 0.15) is 11.6 Å². The Kier molecular flexibility index (Phi) is 6.93. The van der Waals surface area contributed by atoms with Crippen molar-refractivity contribution in [2.75, 3.05) is 23.7 Å². The summed E-state index contributed by atoms with van der Waals surface area (Å²) in [5, 5.41) is 17.0. The second-order valence-corrected chi connectivity index (χ2v) is 4.63. The summed E-state index contributed by atoms with van der Waals surface area (Å²) in [5.41, 5.74) is 5.04. The van der Waals surface area contributed by atoms with E-state index < -0.39 is 4.92 Å². The number of carbonyl (C=O) groups is 1. The molecule has 0 radical (unpaired) electrons. The second kappa shape index (κ2) is 8.72. The molecule has 0 unspecified atom stereocenters. The monoisotopic (exact) mass is 295 g/mol. The highest BCUT2D eigenvalue weighted by Gasteiger charge is 2.10. The Morgan fingerprint density at radius 3 is 2.43 bits per heavy atom. The molecule has 0 aliphatic heterocycles. The molecular formula is C13H21N5O3. The van der Waals surface area contributed by atoms with Crippen molar-refractivity contribution in [2.24, 2.45) is 5.73 Å². The first kappa shape index (κ1) is 16.7. The van der Waals surface area contributed by atoms with E-state index in [4.69, 9.17) is 5.73 Å². The maximum atomic E-state index is 10.9. The van der Waals surface area contributed by atoms with Gasteiger partial charge in [-0.3, -0.25) is 14.9 Å². The highest BCUT2D eigenvalue weighted by molar-refractivity contribution is 5.73. The highest BCUT2D eigenvalue weighted by atomic mass is 16.6. The van der Waals surface area contributed by atoms with Gasteiger partial charge in [-0.15, -0.1) is 0 Å². The molecule has 0 aliphatic rings. The molecule has 1 aromatic heterocycles. The Labute approximate surface area is 123 Å². The summed E-state index contributed by atoms with van der Waals surface area (Å²) in [6.45, 7) is 3.28. The summed E-state index contributed by atoms with van der Waals surface area (Å²) < 4.78 is 0. The smallest absolute Gasteiger partial charge is 0.276 e. The predicted octanol–water partition coefficient (Wildman–Crippen LogP) is 1.88. The lowest BCUT2D eigenvalue weighted by Gasteiger charge is -2.09. The number of primary amides is 1. The fourth-order valence-corrected chi connectivity index (χ4v) is 1.70. The number of rotatable bonds is 10. The molecule has 0 spiro atoms. The number of nitrogens with zero attached hydrogens (tertiary/aromatic N) is 2. The van der Waals surface area contributed by atoms with Crippen molar-refractivity contribution in [2.45, 2.75) is 32.6 Å². The Hall–Kier alpha value is -2.38. The van der Waals surface area contributed by atoms with Gasteiger partial charge in [-0.2, -0.15) is 0 Å². The quantitative estimate of drug-likeness (QED) is 0.344. The number of pyridine rings is 1. The molecule has 1 amide bonds. The fourth-order valence-electron chi connectivity index (χ4n) is 1.70. The first-order chi connectivity index (χ1) is 10.0. The summed E-state index contributed by atoms with van der Waals surface area (Å²) in [6, 6.07) is 2.80. The zero-order valence-electron chi connectivity index (χ0n) is 12.1. The Balaban J connectivity index is 2.60. The van der Waals surface area contributed by atoms with E-state index in [1.807, 2.05) is 6.92 Å². The molecule has 0 bridgehead atoms. The maximum absolute atomic E-state index is 10.9. The number of nitrogens with two attached hydrogens (primary N) is 1. The normalized spacial score (nSPS) is 10.1. The van der Waals surface area contributed by atoms with Gasteiger partial charge < -0.3 is 16.4 Å². The average Bonchev–Trinajstić information content (AvgIpc) is 2.44. The standard InChI is InChI=1S/C13H21N5O3/c1-2-6-15-12-8-10(18(20)21)9-13(17-12)16-7-4-3-5-11(14)19/h8-9H,2-7H2,1H3,(H2,14,19)(H2,15,16,17). The maximum Gasteiger partial charge on any atom is 0.276 e. The first-order valence-corrected chi connectivity index (χ1v) is 6.95. The summed E-state index contributed by atoms with van der Waals surface area (Å²) in [5.74, 6) is 0.599. The second-order valence-electron chi connectivity index (χ2n) is 4.63. The van der Waals surface area contributed by atoms with E-state index >= 15 is 0 Å². The van der Waals surface area contributed by atoms with Crippen LogP contribution < -0.4 is 16.4 Å². The van der Waals surface area contributed by atoms with Gasteiger partial charge in [0.15, 0.2) is 0 Å². The van der Waals surface area contributed by atoms with Crippen molar-refractivity contribution < 1.29 is 9.72 Å². The van der Waals surface area contributed by atoms with Crippen LogP contribution in [0.2, 0.25) is 0 Å². The van der Waals surface area contributed by atoms with Crippen molar-refractivity contribution >= 4 is 23.2 Å². The largest absolute Gasteiger partial charge is 0.370 e. The summed E-state index contributed by atoms with van der Waals surface area (Å²) >= 11 is 0. The van der Waals surface area contributed by atoms with E-state index in [0.29, 0.717) is 37.6 Å². The number of hydrogen-bond donors (Lipinski definition) is 3. The molecule has 0 saturated heterocycles. The SMILES string of the molecule is CCCNc1cc([N+](=O)[O-])cc(NCCCCC(N)=O)n1. The number of anilines is 2. The zero-order chi connectivity index (χ0) is 15.7. The third kappa shape index (κ3) is 6.55. The zero-order valence-corrected chi connectivity index (χ0v) is 12.1. The minimum Gasteiger partial charge on any atom is -0.370 e. The lowest BCUT2D eigenvalue weighted by Crippen LogP contribution is -2.11.